The minimum atomic E-state index is -1.15. The van der Waals surface area contributed by atoms with E-state index in [0.717, 1.165) is 29.7 Å². The van der Waals surface area contributed by atoms with E-state index < -0.39 is 17.6 Å². The zero-order valence-corrected chi connectivity index (χ0v) is 10.9. The summed E-state index contributed by atoms with van der Waals surface area (Å²) in [6.07, 6.45) is 2.02. The molecular formula is C13H13F2NO2S. The second kappa shape index (κ2) is 6.06. The first-order chi connectivity index (χ1) is 9.08. The summed E-state index contributed by atoms with van der Waals surface area (Å²) in [5.41, 5.74) is 0.181. The first-order valence-corrected chi connectivity index (χ1v) is 6.96. The van der Waals surface area contributed by atoms with Crippen LogP contribution in [0.25, 0.3) is 6.08 Å². The van der Waals surface area contributed by atoms with Crippen molar-refractivity contribution in [2.24, 2.45) is 0 Å². The van der Waals surface area contributed by atoms with Gasteiger partial charge < -0.3 is 10.0 Å². The minimum absolute atomic E-state index is 0.0206. The third-order valence-electron chi connectivity index (χ3n) is 2.78. The van der Waals surface area contributed by atoms with Crippen LogP contribution in [0.1, 0.15) is 5.56 Å². The molecule has 19 heavy (non-hydrogen) atoms. The van der Waals surface area contributed by atoms with Crippen LogP contribution in [0.4, 0.5) is 14.5 Å². The van der Waals surface area contributed by atoms with Gasteiger partial charge in [-0.1, -0.05) is 0 Å². The Kier molecular flexibility index (Phi) is 4.42. The van der Waals surface area contributed by atoms with Crippen LogP contribution in [-0.2, 0) is 4.79 Å². The number of carbonyl (C=O) groups is 1. The van der Waals surface area contributed by atoms with E-state index in [1.807, 2.05) is 0 Å². The molecule has 1 aliphatic heterocycles. The smallest absolute Gasteiger partial charge is 0.328 e. The van der Waals surface area contributed by atoms with Crippen LogP contribution in [0.3, 0.4) is 0 Å². The molecule has 3 nitrogen and oxygen atoms in total. The Balaban J connectivity index is 2.28. The number of thioether (sulfide) groups is 1. The lowest BCUT2D eigenvalue weighted by atomic mass is 10.1. The molecule has 0 amide bonds. The molecule has 1 saturated heterocycles. The number of benzene rings is 1. The molecule has 0 bridgehead atoms. The first kappa shape index (κ1) is 13.9. The zero-order valence-electron chi connectivity index (χ0n) is 10.1. The fourth-order valence-corrected chi connectivity index (χ4v) is 2.84. The van der Waals surface area contributed by atoms with E-state index in [0.29, 0.717) is 13.1 Å². The van der Waals surface area contributed by atoms with Gasteiger partial charge in [-0.2, -0.15) is 11.8 Å². The third kappa shape index (κ3) is 3.47. The van der Waals surface area contributed by atoms with E-state index in [1.165, 1.54) is 6.08 Å². The van der Waals surface area contributed by atoms with E-state index in [1.54, 1.807) is 16.7 Å². The summed E-state index contributed by atoms with van der Waals surface area (Å²) in [6, 6.07) is 2.30. The average molecular weight is 285 g/mol. The summed E-state index contributed by atoms with van der Waals surface area (Å²) in [7, 11) is 0. The molecule has 0 saturated carbocycles. The Bertz CT molecular complexity index is 490. The number of anilines is 1. The van der Waals surface area contributed by atoms with Crippen LogP contribution >= 0.6 is 11.8 Å². The van der Waals surface area contributed by atoms with Gasteiger partial charge in [0.2, 0.25) is 0 Å². The van der Waals surface area contributed by atoms with Crippen LogP contribution < -0.4 is 4.90 Å². The van der Waals surface area contributed by atoms with Crippen LogP contribution in [0, 0.1) is 11.6 Å². The minimum Gasteiger partial charge on any atom is -0.478 e. The summed E-state index contributed by atoms with van der Waals surface area (Å²) in [5.74, 6) is -0.772. The molecule has 102 valence electrons. The number of rotatable bonds is 3. The summed E-state index contributed by atoms with van der Waals surface area (Å²) in [4.78, 5) is 12.1. The Morgan fingerprint density at radius 1 is 1.26 bits per heavy atom. The molecule has 1 aliphatic rings. The molecule has 0 aliphatic carbocycles. The van der Waals surface area contributed by atoms with Crippen molar-refractivity contribution in [3.63, 3.8) is 0 Å². The van der Waals surface area contributed by atoms with Gasteiger partial charge in [-0.05, 0) is 23.8 Å². The molecule has 1 aromatic rings. The molecular weight excluding hydrogens is 272 g/mol. The Hall–Kier alpha value is -1.56. The third-order valence-corrected chi connectivity index (χ3v) is 3.73. The van der Waals surface area contributed by atoms with Gasteiger partial charge in [-0.25, -0.2) is 13.6 Å². The van der Waals surface area contributed by atoms with Crippen LogP contribution in [0.2, 0.25) is 0 Å². The monoisotopic (exact) mass is 285 g/mol. The van der Waals surface area contributed by atoms with Gasteiger partial charge in [0.05, 0.1) is 0 Å². The topological polar surface area (TPSA) is 40.5 Å². The SMILES string of the molecule is O=C(O)C=Cc1cc(F)c(N2CCSCC2)c(F)c1. The highest BCUT2D eigenvalue weighted by molar-refractivity contribution is 7.99. The average Bonchev–Trinajstić information content (AvgIpc) is 2.37. The predicted octanol–water partition coefficient (Wildman–Crippen LogP) is 2.62. The van der Waals surface area contributed by atoms with Crippen molar-refractivity contribution in [3.8, 4) is 0 Å². The predicted molar refractivity (Wildman–Crippen MR) is 72.6 cm³/mol. The Morgan fingerprint density at radius 3 is 2.37 bits per heavy atom. The standard InChI is InChI=1S/C13H13F2NO2S/c14-10-7-9(1-2-12(17)18)8-11(15)13(10)16-3-5-19-6-4-16/h1-2,7-8H,3-6H2,(H,17,18). The van der Waals surface area contributed by atoms with Crippen LogP contribution in [0.15, 0.2) is 18.2 Å². The lowest BCUT2D eigenvalue weighted by Crippen LogP contribution is -2.33. The highest BCUT2D eigenvalue weighted by Crippen LogP contribution is 2.27. The fraction of sp³-hybridized carbons (Fsp3) is 0.308. The first-order valence-electron chi connectivity index (χ1n) is 5.80. The maximum atomic E-state index is 14.0. The molecule has 0 unspecified atom stereocenters. The maximum Gasteiger partial charge on any atom is 0.328 e. The molecule has 0 aromatic heterocycles. The van der Waals surface area contributed by atoms with Crippen LogP contribution in [0.5, 0.6) is 0 Å². The number of carboxylic acid groups (broad SMARTS) is 1. The highest BCUT2D eigenvalue weighted by atomic mass is 32.2. The van der Waals surface area contributed by atoms with E-state index >= 15 is 0 Å². The second-order valence-electron chi connectivity index (χ2n) is 4.10. The Labute approximate surface area is 113 Å². The number of hydrogen-bond acceptors (Lipinski definition) is 3. The summed E-state index contributed by atoms with van der Waals surface area (Å²) in [5, 5.41) is 8.49. The van der Waals surface area contributed by atoms with Crippen molar-refractivity contribution in [1.29, 1.82) is 0 Å². The molecule has 6 heteroatoms. The van der Waals surface area contributed by atoms with Gasteiger partial charge in [-0.3, -0.25) is 0 Å². The molecule has 0 atom stereocenters. The normalized spacial score (nSPS) is 16.0. The summed E-state index contributed by atoms with van der Waals surface area (Å²) >= 11 is 1.76. The van der Waals surface area contributed by atoms with Gasteiger partial charge in [0.1, 0.15) is 17.3 Å². The number of aliphatic carboxylic acids is 1. The summed E-state index contributed by atoms with van der Waals surface area (Å²) < 4.78 is 27.9. The van der Waals surface area contributed by atoms with Gasteiger partial charge in [-0.15, -0.1) is 0 Å². The van der Waals surface area contributed by atoms with E-state index in [9.17, 15) is 13.6 Å². The molecule has 1 aromatic carbocycles. The largest absolute Gasteiger partial charge is 0.478 e. The van der Waals surface area contributed by atoms with E-state index in [2.05, 4.69) is 0 Å². The number of halogens is 2. The van der Waals surface area contributed by atoms with Crippen molar-refractivity contribution < 1.29 is 18.7 Å². The second-order valence-corrected chi connectivity index (χ2v) is 5.33. The molecule has 0 spiro atoms. The van der Waals surface area contributed by atoms with Crippen LogP contribution in [-0.4, -0.2) is 35.7 Å². The van der Waals surface area contributed by atoms with E-state index in [-0.39, 0.29) is 11.3 Å². The quantitative estimate of drug-likeness (QED) is 0.867. The molecule has 1 fully saturated rings. The van der Waals surface area contributed by atoms with Crippen molar-refractivity contribution >= 4 is 29.5 Å². The van der Waals surface area contributed by atoms with Gasteiger partial charge in [0.15, 0.2) is 0 Å². The molecule has 1 heterocycles. The lowest BCUT2D eigenvalue weighted by Gasteiger charge is -2.29. The van der Waals surface area contributed by atoms with Gasteiger partial charge >= 0.3 is 5.97 Å². The molecule has 0 radical (unpaired) electrons. The van der Waals surface area contributed by atoms with Crippen molar-refractivity contribution in [3.05, 3.63) is 35.4 Å². The number of hydrogen-bond donors (Lipinski definition) is 1. The van der Waals surface area contributed by atoms with Crippen molar-refractivity contribution in [2.45, 2.75) is 0 Å². The number of carboxylic acids is 1. The van der Waals surface area contributed by atoms with Gasteiger partial charge in [0, 0.05) is 30.7 Å². The van der Waals surface area contributed by atoms with Crippen molar-refractivity contribution in [1.82, 2.24) is 0 Å². The van der Waals surface area contributed by atoms with E-state index in [4.69, 9.17) is 5.11 Å². The summed E-state index contributed by atoms with van der Waals surface area (Å²) in [6.45, 7) is 1.23. The molecule has 2 rings (SSSR count). The molecule has 1 N–H and O–H groups in total. The lowest BCUT2D eigenvalue weighted by molar-refractivity contribution is -0.131. The zero-order chi connectivity index (χ0) is 13.8. The fourth-order valence-electron chi connectivity index (χ4n) is 1.94. The Morgan fingerprint density at radius 2 is 1.84 bits per heavy atom. The van der Waals surface area contributed by atoms with Crippen molar-refractivity contribution in [2.75, 3.05) is 29.5 Å². The number of nitrogens with zero attached hydrogens (tertiary/aromatic N) is 1. The highest BCUT2D eigenvalue weighted by Gasteiger charge is 2.19. The maximum absolute atomic E-state index is 14.0. The van der Waals surface area contributed by atoms with Gasteiger partial charge in [0.25, 0.3) is 0 Å².